The molecule has 0 bridgehead atoms. The van der Waals surface area contributed by atoms with Crippen LogP contribution in [0, 0.1) is 6.92 Å². The van der Waals surface area contributed by atoms with Crippen molar-refractivity contribution < 1.29 is 9.90 Å². The lowest BCUT2D eigenvalue weighted by Crippen LogP contribution is -2.02. The third kappa shape index (κ3) is 1.57. The van der Waals surface area contributed by atoms with Crippen molar-refractivity contribution in [3.05, 3.63) is 28.0 Å². The molecule has 1 heterocycles. The van der Waals surface area contributed by atoms with Crippen molar-refractivity contribution in [1.29, 1.82) is 0 Å². The first kappa shape index (κ1) is 8.20. The van der Waals surface area contributed by atoms with Crippen molar-refractivity contribution >= 4 is 21.9 Å². The second kappa shape index (κ2) is 3.00. The highest BCUT2D eigenvalue weighted by atomic mass is 79.9. The molecule has 0 spiro atoms. The van der Waals surface area contributed by atoms with Crippen molar-refractivity contribution in [1.82, 2.24) is 4.98 Å². The van der Waals surface area contributed by atoms with E-state index in [1.807, 2.05) is 0 Å². The lowest BCUT2D eigenvalue weighted by molar-refractivity contribution is 0.0689. The van der Waals surface area contributed by atoms with Gasteiger partial charge in [0.15, 0.2) is 5.69 Å². The molecule has 11 heavy (non-hydrogen) atoms. The average molecular weight is 216 g/mol. The van der Waals surface area contributed by atoms with Crippen LogP contribution in [0.4, 0.5) is 0 Å². The maximum Gasteiger partial charge on any atom is 0.354 e. The maximum atomic E-state index is 10.5. The van der Waals surface area contributed by atoms with E-state index in [2.05, 4.69) is 20.9 Å². The molecule has 0 amide bonds. The first-order valence-corrected chi connectivity index (χ1v) is 3.76. The zero-order valence-electron chi connectivity index (χ0n) is 5.84. The quantitative estimate of drug-likeness (QED) is 0.779. The molecule has 0 radical (unpaired) electrons. The smallest absolute Gasteiger partial charge is 0.354 e. The van der Waals surface area contributed by atoms with Gasteiger partial charge in [-0.1, -0.05) is 15.9 Å². The summed E-state index contributed by atoms with van der Waals surface area (Å²) in [6.07, 6.45) is 1.46. The van der Waals surface area contributed by atoms with Crippen molar-refractivity contribution in [3.63, 3.8) is 0 Å². The average Bonchev–Trinajstić information content (AvgIpc) is 1.94. The van der Waals surface area contributed by atoms with Crippen molar-refractivity contribution in [2.75, 3.05) is 0 Å². The van der Waals surface area contributed by atoms with E-state index in [1.54, 1.807) is 13.0 Å². The van der Waals surface area contributed by atoms with Gasteiger partial charge in [0.25, 0.3) is 0 Å². The van der Waals surface area contributed by atoms with Gasteiger partial charge in [-0.05, 0) is 18.6 Å². The number of carbonyl (C=O) groups is 1. The Morgan fingerprint density at radius 2 is 2.36 bits per heavy atom. The molecule has 0 aliphatic rings. The first-order chi connectivity index (χ1) is 5.13. The molecule has 0 unspecified atom stereocenters. The van der Waals surface area contributed by atoms with Crippen LogP contribution in [0.2, 0.25) is 0 Å². The zero-order valence-corrected chi connectivity index (χ0v) is 7.42. The van der Waals surface area contributed by atoms with Gasteiger partial charge in [-0.3, -0.25) is 0 Å². The summed E-state index contributed by atoms with van der Waals surface area (Å²) in [5.41, 5.74) is 0.749. The number of rotatable bonds is 1. The molecule has 4 heteroatoms. The van der Waals surface area contributed by atoms with Crippen LogP contribution in [0.5, 0.6) is 0 Å². The van der Waals surface area contributed by atoms with Crippen molar-refractivity contribution in [3.8, 4) is 0 Å². The summed E-state index contributed by atoms with van der Waals surface area (Å²) < 4.78 is 0.768. The molecule has 0 saturated heterocycles. The van der Waals surface area contributed by atoms with Crippen molar-refractivity contribution in [2.24, 2.45) is 0 Å². The van der Waals surface area contributed by atoms with Gasteiger partial charge in [0.1, 0.15) is 0 Å². The van der Waals surface area contributed by atoms with E-state index in [0.29, 0.717) is 5.56 Å². The number of carboxylic acids is 1. The fourth-order valence-corrected chi connectivity index (χ4v) is 1.03. The Morgan fingerprint density at radius 3 is 2.82 bits per heavy atom. The molecule has 0 fully saturated rings. The molecule has 0 aliphatic carbocycles. The van der Waals surface area contributed by atoms with E-state index in [1.165, 1.54) is 6.20 Å². The Labute approximate surface area is 72.2 Å². The van der Waals surface area contributed by atoms with Gasteiger partial charge >= 0.3 is 5.97 Å². The van der Waals surface area contributed by atoms with Gasteiger partial charge in [0, 0.05) is 10.7 Å². The standard InChI is InChI=1S/C7H6BrNO2/c1-4-5(8)2-3-9-6(4)7(10)11/h2-3H,1H3,(H,10,11). The predicted molar refractivity (Wildman–Crippen MR) is 43.6 cm³/mol. The van der Waals surface area contributed by atoms with Gasteiger partial charge in [-0.15, -0.1) is 0 Å². The monoisotopic (exact) mass is 215 g/mol. The Kier molecular flexibility index (Phi) is 2.24. The predicted octanol–water partition coefficient (Wildman–Crippen LogP) is 1.85. The van der Waals surface area contributed by atoms with Gasteiger partial charge in [-0.25, -0.2) is 9.78 Å². The second-order valence-electron chi connectivity index (χ2n) is 2.07. The van der Waals surface area contributed by atoms with Gasteiger partial charge in [0.05, 0.1) is 0 Å². The Morgan fingerprint density at radius 1 is 1.73 bits per heavy atom. The van der Waals surface area contributed by atoms with Crippen LogP contribution in [0.3, 0.4) is 0 Å². The SMILES string of the molecule is Cc1c(Br)ccnc1C(=O)O. The molecule has 0 atom stereocenters. The number of nitrogens with zero attached hydrogens (tertiary/aromatic N) is 1. The molecule has 0 saturated carbocycles. The fraction of sp³-hybridized carbons (Fsp3) is 0.143. The summed E-state index contributed by atoms with van der Waals surface area (Å²) in [7, 11) is 0. The molecule has 3 nitrogen and oxygen atoms in total. The maximum absolute atomic E-state index is 10.5. The van der Waals surface area contributed by atoms with Gasteiger partial charge in [0.2, 0.25) is 0 Å². The Balaban J connectivity index is 3.27. The summed E-state index contributed by atoms with van der Waals surface area (Å²) in [5.74, 6) is -0.996. The molecule has 58 valence electrons. The third-order valence-electron chi connectivity index (χ3n) is 1.34. The van der Waals surface area contributed by atoms with E-state index in [4.69, 9.17) is 5.11 Å². The normalized spacial score (nSPS) is 9.64. The molecule has 1 N–H and O–H groups in total. The molecule has 1 rings (SSSR count). The van der Waals surface area contributed by atoms with E-state index >= 15 is 0 Å². The van der Waals surface area contributed by atoms with Crippen LogP contribution in [-0.4, -0.2) is 16.1 Å². The van der Waals surface area contributed by atoms with Crippen LogP contribution >= 0.6 is 15.9 Å². The summed E-state index contributed by atoms with van der Waals surface area (Å²) in [4.78, 5) is 14.2. The highest BCUT2D eigenvalue weighted by molar-refractivity contribution is 9.10. The van der Waals surface area contributed by atoms with Gasteiger partial charge < -0.3 is 5.11 Å². The molecule has 0 aliphatic heterocycles. The number of aromatic nitrogens is 1. The van der Waals surface area contributed by atoms with E-state index in [-0.39, 0.29) is 5.69 Å². The minimum Gasteiger partial charge on any atom is -0.477 e. The van der Waals surface area contributed by atoms with Crippen LogP contribution in [0.15, 0.2) is 16.7 Å². The lowest BCUT2D eigenvalue weighted by Gasteiger charge is -1.99. The molecular formula is C7H6BrNO2. The Bertz CT molecular complexity index is 298. The van der Waals surface area contributed by atoms with Crippen LogP contribution in [0.1, 0.15) is 16.1 Å². The summed E-state index contributed by atoms with van der Waals surface area (Å²) in [6, 6.07) is 1.71. The first-order valence-electron chi connectivity index (χ1n) is 2.97. The highest BCUT2D eigenvalue weighted by Gasteiger charge is 2.09. The summed E-state index contributed by atoms with van der Waals surface area (Å²) in [6.45, 7) is 1.71. The van der Waals surface area contributed by atoms with Crippen molar-refractivity contribution in [2.45, 2.75) is 6.92 Å². The fourth-order valence-electron chi connectivity index (χ4n) is 0.728. The van der Waals surface area contributed by atoms with Crippen LogP contribution < -0.4 is 0 Å². The molecule has 0 aromatic carbocycles. The number of hydrogen-bond acceptors (Lipinski definition) is 2. The highest BCUT2D eigenvalue weighted by Crippen LogP contribution is 2.16. The van der Waals surface area contributed by atoms with E-state index in [0.717, 1.165) is 4.47 Å². The topological polar surface area (TPSA) is 50.2 Å². The van der Waals surface area contributed by atoms with E-state index in [9.17, 15) is 4.79 Å². The summed E-state index contributed by atoms with van der Waals surface area (Å²) >= 11 is 3.21. The second-order valence-corrected chi connectivity index (χ2v) is 2.93. The van der Waals surface area contributed by atoms with Crippen LogP contribution in [0.25, 0.3) is 0 Å². The number of carboxylic acid groups (broad SMARTS) is 1. The number of hydrogen-bond donors (Lipinski definition) is 1. The molecule has 1 aromatic rings. The minimum atomic E-state index is -0.996. The largest absolute Gasteiger partial charge is 0.477 e. The lowest BCUT2D eigenvalue weighted by atomic mass is 10.2. The third-order valence-corrected chi connectivity index (χ3v) is 2.20. The van der Waals surface area contributed by atoms with Crippen LogP contribution in [-0.2, 0) is 0 Å². The van der Waals surface area contributed by atoms with Gasteiger partial charge in [-0.2, -0.15) is 0 Å². The molecule has 1 aromatic heterocycles. The Hall–Kier alpha value is -0.900. The summed E-state index contributed by atoms with van der Waals surface area (Å²) in [5, 5.41) is 8.61. The zero-order chi connectivity index (χ0) is 8.43. The van der Waals surface area contributed by atoms with E-state index < -0.39 is 5.97 Å². The number of halogens is 1. The molecular weight excluding hydrogens is 210 g/mol. The minimum absolute atomic E-state index is 0.0966. The number of pyridine rings is 1. The number of aromatic carboxylic acids is 1.